The predicted octanol–water partition coefficient (Wildman–Crippen LogP) is 5.91. The molecule has 7 atom stereocenters. The van der Waals surface area contributed by atoms with Crippen molar-refractivity contribution in [2.24, 2.45) is 39.9 Å². The summed E-state index contributed by atoms with van der Waals surface area (Å²) in [7, 11) is 0. The predicted molar refractivity (Wildman–Crippen MR) is 116 cm³/mol. The number of carbonyl (C=O) groups excluding carboxylic acids is 1. The molecule has 0 aromatic heterocycles. The molecular weight excluding hydrogens is 360 g/mol. The molecule has 3 heteroatoms. The number of aliphatic hydroxyl groups is 1. The summed E-state index contributed by atoms with van der Waals surface area (Å²) in [5.74, 6) is 2.32. The van der Waals surface area contributed by atoms with E-state index in [0.717, 1.165) is 12.3 Å². The summed E-state index contributed by atoms with van der Waals surface area (Å²) in [5.41, 5.74) is 1.52. The first kappa shape index (κ1) is 21.4. The Morgan fingerprint density at radius 1 is 1.21 bits per heavy atom. The van der Waals surface area contributed by atoms with Crippen LogP contribution in [0.3, 0.4) is 0 Å². The lowest BCUT2D eigenvalue weighted by Gasteiger charge is -2.60. The number of aliphatic hydroxyl groups excluding tert-OH is 1. The lowest BCUT2D eigenvalue weighted by atomic mass is 9.45. The van der Waals surface area contributed by atoms with Gasteiger partial charge in [0.2, 0.25) is 0 Å². The summed E-state index contributed by atoms with van der Waals surface area (Å²) in [5, 5.41) is 10.6. The first-order valence-electron chi connectivity index (χ1n) is 12.2. The zero-order valence-corrected chi connectivity index (χ0v) is 19.3. The van der Waals surface area contributed by atoms with Crippen LogP contribution in [-0.2, 0) is 9.53 Å². The molecule has 1 N–H and O–H groups in total. The van der Waals surface area contributed by atoms with E-state index in [2.05, 4.69) is 19.9 Å². The van der Waals surface area contributed by atoms with Crippen molar-refractivity contribution < 1.29 is 14.6 Å². The Hall–Kier alpha value is -0.830. The number of carbonyl (C=O) groups is 1. The molecule has 0 radical (unpaired) electrons. The highest BCUT2D eigenvalue weighted by atomic mass is 16.5. The minimum atomic E-state index is -0.450. The second-order valence-electron chi connectivity index (χ2n) is 11.9. The molecule has 3 fully saturated rings. The van der Waals surface area contributed by atoms with Gasteiger partial charge in [-0.3, -0.25) is 4.79 Å². The Morgan fingerprint density at radius 3 is 2.66 bits per heavy atom. The summed E-state index contributed by atoms with van der Waals surface area (Å²) < 4.78 is 5.96. The molecule has 0 saturated heterocycles. The highest BCUT2D eigenvalue weighted by Gasteiger charge is 2.59. The first-order valence-corrected chi connectivity index (χ1v) is 12.2. The summed E-state index contributed by atoms with van der Waals surface area (Å²) in [6, 6.07) is 0. The molecule has 4 aliphatic rings. The van der Waals surface area contributed by atoms with Crippen molar-refractivity contribution in [2.75, 3.05) is 6.61 Å². The normalized spacial score (nSPS) is 42.9. The van der Waals surface area contributed by atoms with Crippen LogP contribution in [0.1, 0.15) is 92.4 Å². The van der Waals surface area contributed by atoms with Crippen LogP contribution in [0.25, 0.3) is 0 Å². The standard InChI is InChI=1S/C26H42O3/c1-17(29-23(28)24(2,3)4)20-11-12-21-19-10-9-18-8-6-7-14-26(18,16-27)22(19)13-15-25(20,21)5/h12,17-20,22,27H,6-11,13-16H2,1-5H3/t17?,18?,19-,20+,22-,25+,26+/m0/s1. The van der Waals surface area contributed by atoms with Gasteiger partial charge < -0.3 is 9.84 Å². The summed E-state index contributed by atoms with van der Waals surface area (Å²) in [6.07, 6.45) is 13.7. The maximum absolute atomic E-state index is 12.5. The van der Waals surface area contributed by atoms with Gasteiger partial charge in [0, 0.05) is 12.5 Å². The maximum atomic E-state index is 12.5. The number of esters is 1. The van der Waals surface area contributed by atoms with E-state index in [4.69, 9.17) is 4.74 Å². The average molecular weight is 403 g/mol. The fraction of sp³-hybridized carbons (Fsp3) is 0.885. The van der Waals surface area contributed by atoms with Crippen molar-refractivity contribution in [3.05, 3.63) is 11.6 Å². The smallest absolute Gasteiger partial charge is 0.311 e. The lowest BCUT2D eigenvalue weighted by molar-refractivity contribution is -0.163. The van der Waals surface area contributed by atoms with Crippen LogP contribution in [0, 0.1) is 39.9 Å². The Morgan fingerprint density at radius 2 is 1.97 bits per heavy atom. The van der Waals surface area contributed by atoms with Gasteiger partial charge in [-0.1, -0.05) is 31.4 Å². The molecule has 0 aromatic carbocycles. The van der Waals surface area contributed by atoms with Crippen molar-refractivity contribution in [1.29, 1.82) is 0 Å². The SMILES string of the molecule is CC(OC(=O)C(C)(C)C)[C@H]1CC=C2[C@@H]3CCC4CCCC[C@]4(CO)[C@H]3CC[C@@]21C. The maximum Gasteiger partial charge on any atom is 0.311 e. The van der Waals surface area contributed by atoms with Crippen molar-refractivity contribution in [3.63, 3.8) is 0 Å². The molecule has 164 valence electrons. The first-order chi connectivity index (χ1) is 13.6. The van der Waals surface area contributed by atoms with Crippen molar-refractivity contribution >= 4 is 5.97 Å². The minimum absolute atomic E-state index is 0.0464. The molecule has 29 heavy (non-hydrogen) atoms. The van der Waals surface area contributed by atoms with Gasteiger partial charge in [0.1, 0.15) is 6.10 Å². The van der Waals surface area contributed by atoms with Crippen LogP contribution >= 0.6 is 0 Å². The van der Waals surface area contributed by atoms with Gasteiger partial charge in [0.15, 0.2) is 0 Å². The molecule has 3 saturated carbocycles. The van der Waals surface area contributed by atoms with Gasteiger partial charge in [-0.25, -0.2) is 0 Å². The van der Waals surface area contributed by atoms with Crippen LogP contribution in [0.15, 0.2) is 11.6 Å². The lowest BCUT2D eigenvalue weighted by Crippen LogP contribution is -2.54. The second kappa shape index (κ2) is 7.39. The summed E-state index contributed by atoms with van der Waals surface area (Å²) >= 11 is 0. The molecule has 0 bridgehead atoms. The zero-order valence-electron chi connectivity index (χ0n) is 19.3. The minimum Gasteiger partial charge on any atom is -0.462 e. The van der Waals surface area contributed by atoms with Gasteiger partial charge >= 0.3 is 5.97 Å². The molecule has 4 aliphatic carbocycles. The number of allylic oxidation sites excluding steroid dienone is 2. The molecular formula is C26H42O3. The highest BCUT2D eigenvalue weighted by Crippen LogP contribution is 2.66. The number of hydrogen-bond acceptors (Lipinski definition) is 3. The van der Waals surface area contributed by atoms with Gasteiger partial charge in [0.25, 0.3) is 0 Å². The fourth-order valence-electron chi connectivity index (χ4n) is 7.88. The van der Waals surface area contributed by atoms with Crippen molar-refractivity contribution in [1.82, 2.24) is 0 Å². The molecule has 0 heterocycles. The van der Waals surface area contributed by atoms with Gasteiger partial charge in [0.05, 0.1) is 5.41 Å². The Labute approximate surface area is 177 Å². The average Bonchev–Trinajstić information content (AvgIpc) is 3.04. The molecule has 4 rings (SSSR count). The second-order valence-corrected chi connectivity index (χ2v) is 11.9. The Bertz CT molecular complexity index is 674. The summed E-state index contributed by atoms with van der Waals surface area (Å²) in [4.78, 5) is 12.5. The number of hydrogen-bond donors (Lipinski definition) is 1. The Kier molecular flexibility index (Phi) is 5.46. The van der Waals surface area contributed by atoms with Crippen LogP contribution in [0.2, 0.25) is 0 Å². The van der Waals surface area contributed by atoms with E-state index < -0.39 is 5.41 Å². The van der Waals surface area contributed by atoms with Crippen LogP contribution < -0.4 is 0 Å². The monoisotopic (exact) mass is 402 g/mol. The van der Waals surface area contributed by atoms with E-state index in [-0.39, 0.29) is 22.9 Å². The van der Waals surface area contributed by atoms with E-state index in [1.807, 2.05) is 20.8 Å². The van der Waals surface area contributed by atoms with Gasteiger partial charge in [-0.2, -0.15) is 0 Å². The van der Waals surface area contributed by atoms with Crippen molar-refractivity contribution in [2.45, 2.75) is 98.5 Å². The third-order valence-corrected chi connectivity index (χ3v) is 9.52. The van der Waals surface area contributed by atoms with Crippen LogP contribution in [-0.4, -0.2) is 23.8 Å². The quantitative estimate of drug-likeness (QED) is 0.472. The Balaban J connectivity index is 1.55. The third kappa shape index (κ3) is 3.30. The largest absolute Gasteiger partial charge is 0.462 e. The van der Waals surface area contributed by atoms with Crippen LogP contribution in [0.5, 0.6) is 0 Å². The van der Waals surface area contributed by atoms with E-state index in [9.17, 15) is 9.90 Å². The van der Waals surface area contributed by atoms with E-state index in [0.29, 0.717) is 24.4 Å². The summed E-state index contributed by atoms with van der Waals surface area (Å²) in [6.45, 7) is 10.7. The molecule has 0 aliphatic heterocycles. The zero-order chi connectivity index (χ0) is 21.0. The van der Waals surface area contributed by atoms with Gasteiger partial charge in [-0.15, -0.1) is 0 Å². The van der Waals surface area contributed by atoms with E-state index in [1.165, 1.54) is 51.4 Å². The highest BCUT2D eigenvalue weighted by molar-refractivity contribution is 5.75. The van der Waals surface area contributed by atoms with Gasteiger partial charge in [-0.05, 0) is 101 Å². The van der Waals surface area contributed by atoms with Crippen LogP contribution in [0.4, 0.5) is 0 Å². The number of fused-ring (bicyclic) bond motifs is 5. The van der Waals surface area contributed by atoms with E-state index >= 15 is 0 Å². The molecule has 3 nitrogen and oxygen atoms in total. The number of ether oxygens (including phenoxy) is 1. The topological polar surface area (TPSA) is 46.5 Å². The van der Waals surface area contributed by atoms with E-state index in [1.54, 1.807) is 5.57 Å². The molecule has 0 spiro atoms. The fourth-order valence-corrected chi connectivity index (χ4v) is 7.88. The molecule has 0 aromatic rings. The third-order valence-electron chi connectivity index (χ3n) is 9.52. The van der Waals surface area contributed by atoms with Crippen molar-refractivity contribution in [3.8, 4) is 0 Å². The molecule has 0 amide bonds. The number of rotatable bonds is 3. The molecule has 2 unspecified atom stereocenters.